The van der Waals surface area contributed by atoms with Crippen molar-refractivity contribution in [2.75, 3.05) is 20.8 Å². The van der Waals surface area contributed by atoms with Gasteiger partial charge in [-0.3, -0.25) is 9.59 Å². The third kappa shape index (κ3) is 10.3. The number of nitrogens with one attached hydrogen (secondary N) is 2. The monoisotopic (exact) mass is 556 g/mol. The van der Waals surface area contributed by atoms with Crippen molar-refractivity contribution in [2.45, 2.75) is 31.8 Å². The van der Waals surface area contributed by atoms with E-state index in [1.165, 1.54) is 19.3 Å². The number of amides is 2. The molecule has 0 aliphatic carbocycles. The molecule has 3 rings (SSSR count). The third-order valence-electron chi connectivity index (χ3n) is 6.13. The maximum absolute atomic E-state index is 13.6. The van der Waals surface area contributed by atoms with E-state index in [1.54, 1.807) is 44.4 Å². The molecule has 2 N–H and O–H groups in total. The normalized spacial score (nSPS) is 12.5. The number of carbonyl (C=O) groups excluding carboxylic acids is 3. The van der Waals surface area contributed by atoms with E-state index in [1.807, 2.05) is 60.7 Å². The largest absolute Gasteiger partial charge is 0.493 e. The first kappa shape index (κ1) is 30.7. The van der Waals surface area contributed by atoms with Gasteiger partial charge in [-0.25, -0.2) is 4.79 Å². The standard InChI is InChI=1S/C33H36N2O6/c1-4-41-32(37)20-17-27(21-24-11-7-5-8-12-24)34-33(38)28(22-25-13-9-6-10-14-25)35-31(36)19-16-26-15-18-29(39-2)30(23-26)40-3/h5-20,23,27-28H,4,21-22H2,1-3H3,(H,34,38)(H,35,36)/b19-16+,20-17+/t27-,28+/m1/s1. The van der Waals surface area contributed by atoms with E-state index in [0.29, 0.717) is 17.9 Å². The molecule has 0 aliphatic rings. The molecule has 3 aromatic rings. The highest BCUT2D eigenvalue weighted by molar-refractivity contribution is 5.96. The van der Waals surface area contributed by atoms with E-state index in [0.717, 1.165) is 16.7 Å². The van der Waals surface area contributed by atoms with Crippen LogP contribution in [0.15, 0.2) is 97.1 Å². The minimum Gasteiger partial charge on any atom is -0.493 e. The van der Waals surface area contributed by atoms with Crippen LogP contribution in [-0.2, 0) is 32.0 Å². The van der Waals surface area contributed by atoms with Crippen LogP contribution in [0.25, 0.3) is 6.08 Å². The fourth-order valence-corrected chi connectivity index (χ4v) is 4.11. The van der Waals surface area contributed by atoms with E-state index in [9.17, 15) is 14.4 Å². The van der Waals surface area contributed by atoms with Gasteiger partial charge < -0.3 is 24.8 Å². The Hall–Kier alpha value is -4.85. The summed E-state index contributed by atoms with van der Waals surface area (Å²) < 4.78 is 15.6. The second-order valence-corrected chi connectivity index (χ2v) is 9.11. The van der Waals surface area contributed by atoms with Crippen LogP contribution in [0.1, 0.15) is 23.6 Å². The van der Waals surface area contributed by atoms with Crippen LogP contribution in [0.3, 0.4) is 0 Å². The molecule has 3 aromatic carbocycles. The fourth-order valence-electron chi connectivity index (χ4n) is 4.11. The Morgan fingerprint density at radius 2 is 1.41 bits per heavy atom. The average molecular weight is 557 g/mol. The van der Waals surface area contributed by atoms with Crippen molar-refractivity contribution in [3.63, 3.8) is 0 Å². The van der Waals surface area contributed by atoms with Crippen LogP contribution in [0.4, 0.5) is 0 Å². The van der Waals surface area contributed by atoms with Crippen LogP contribution in [0.2, 0.25) is 0 Å². The molecule has 214 valence electrons. The Kier molecular flexibility index (Phi) is 12.2. The molecule has 0 spiro atoms. The number of hydrogen-bond donors (Lipinski definition) is 2. The average Bonchev–Trinajstić information content (AvgIpc) is 2.99. The van der Waals surface area contributed by atoms with Crippen molar-refractivity contribution in [3.8, 4) is 11.5 Å². The van der Waals surface area contributed by atoms with Crippen molar-refractivity contribution in [3.05, 3.63) is 114 Å². The van der Waals surface area contributed by atoms with Gasteiger partial charge >= 0.3 is 5.97 Å². The maximum atomic E-state index is 13.6. The van der Waals surface area contributed by atoms with Gasteiger partial charge in [0.25, 0.3) is 0 Å². The van der Waals surface area contributed by atoms with Crippen molar-refractivity contribution in [2.24, 2.45) is 0 Å². The first-order chi connectivity index (χ1) is 19.9. The lowest BCUT2D eigenvalue weighted by atomic mass is 10.0. The second-order valence-electron chi connectivity index (χ2n) is 9.11. The molecule has 2 atom stereocenters. The maximum Gasteiger partial charge on any atom is 0.330 e. The van der Waals surface area contributed by atoms with Gasteiger partial charge in [0.05, 0.1) is 26.9 Å². The molecule has 0 saturated carbocycles. The van der Waals surface area contributed by atoms with Gasteiger partial charge in [0.2, 0.25) is 11.8 Å². The molecular formula is C33H36N2O6. The van der Waals surface area contributed by atoms with Crippen molar-refractivity contribution in [1.82, 2.24) is 10.6 Å². The van der Waals surface area contributed by atoms with Crippen LogP contribution in [0, 0.1) is 0 Å². The molecule has 8 heteroatoms. The first-order valence-corrected chi connectivity index (χ1v) is 13.4. The third-order valence-corrected chi connectivity index (χ3v) is 6.13. The highest BCUT2D eigenvalue weighted by Crippen LogP contribution is 2.27. The number of hydrogen-bond acceptors (Lipinski definition) is 6. The summed E-state index contributed by atoms with van der Waals surface area (Å²) in [7, 11) is 3.09. The summed E-state index contributed by atoms with van der Waals surface area (Å²) >= 11 is 0. The van der Waals surface area contributed by atoms with E-state index < -0.39 is 24.0 Å². The lowest BCUT2D eigenvalue weighted by Crippen LogP contribution is -2.50. The summed E-state index contributed by atoms with van der Waals surface area (Å²) in [6, 6.07) is 23.0. The minimum atomic E-state index is -0.866. The molecule has 0 bridgehead atoms. The van der Waals surface area contributed by atoms with Gasteiger partial charge in [0, 0.05) is 18.6 Å². The summed E-state index contributed by atoms with van der Waals surface area (Å²) in [5.41, 5.74) is 2.60. The summed E-state index contributed by atoms with van der Waals surface area (Å²) in [4.78, 5) is 38.5. The van der Waals surface area contributed by atoms with Crippen LogP contribution in [-0.4, -0.2) is 50.7 Å². The van der Waals surface area contributed by atoms with Crippen molar-refractivity contribution in [1.29, 1.82) is 0 Å². The number of benzene rings is 3. The molecule has 0 radical (unpaired) electrons. The second kappa shape index (κ2) is 16.3. The molecule has 2 amide bonds. The molecule has 0 saturated heterocycles. The Labute approximate surface area is 241 Å². The molecule has 41 heavy (non-hydrogen) atoms. The zero-order valence-corrected chi connectivity index (χ0v) is 23.5. The van der Waals surface area contributed by atoms with Gasteiger partial charge in [-0.1, -0.05) is 72.8 Å². The van der Waals surface area contributed by atoms with Crippen LogP contribution in [0.5, 0.6) is 11.5 Å². The first-order valence-electron chi connectivity index (χ1n) is 13.4. The fraction of sp³-hybridized carbons (Fsp3) is 0.242. The molecule has 0 aliphatic heterocycles. The summed E-state index contributed by atoms with van der Waals surface area (Å²) in [6.45, 7) is 1.98. The Balaban J connectivity index is 1.78. The van der Waals surface area contributed by atoms with Gasteiger partial charge in [-0.2, -0.15) is 0 Å². The molecule has 0 unspecified atom stereocenters. The summed E-state index contributed by atoms with van der Waals surface area (Å²) in [5.74, 6) is -0.185. The molecule has 0 heterocycles. The van der Waals surface area contributed by atoms with E-state index in [2.05, 4.69) is 10.6 Å². The Morgan fingerprint density at radius 1 is 0.780 bits per heavy atom. The Bertz CT molecular complexity index is 1340. The van der Waals surface area contributed by atoms with E-state index in [4.69, 9.17) is 14.2 Å². The van der Waals surface area contributed by atoms with Crippen molar-refractivity contribution >= 4 is 23.9 Å². The topological polar surface area (TPSA) is 103 Å². The lowest BCUT2D eigenvalue weighted by Gasteiger charge is -2.22. The SMILES string of the molecule is CCOC(=O)/C=C/[C@H](Cc1ccccc1)NC(=O)[C@H](Cc1ccccc1)NC(=O)/C=C/c1ccc(OC)c(OC)c1. The predicted molar refractivity (Wildman–Crippen MR) is 159 cm³/mol. The van der Waals surface area contributed by atoms with Gasteiger partial charge in [0.1, 0.15) is 6.04 Å². The predicted octanol–water partition coefficient (Wildman–Crippen LogP) is 4.29. The zero-order valence-electron chi connectivity index (χ0n) is 23.5. The van der Waals surface area contributed by atoms with E-state index >= 15 is 0 Å². The highest BCUT2D eigenvalue weighted by Gasteiger charge is 2.23. The molecule has 8 nitrogen and oxygen atoms in total. The van der Waals surface area contributed by atoms with Crippen LogP contribution >= 0.6 is 0 Å². The number of carbonyl (C=O) groups is 3. The lowest BCUT2D eigenvalue weighted by molar-refractivity contribution is -0.137. The highest BCUT2D eigenvalue weighted by atomic mass is 16.5. The molecule has 0 aromatic heterocycles. The smallest absolute Gasteiger partial charge is 0.330 e. The number of ether oxygens (including phenoxy) is 3. The van der Waals surface area contributed by atoms with Crippen LogP contribution < -0.4 is 20.1 Å². The molecule has 0 fully saturated rings. The number of esters is 1. The molecular weight excluding hydrogens is 520 g/mol. The Morgan fingerprint density at radius 3 is 2.02 bits per heavy atom. The van der Waals surface area contributed by atoms with Gasteiger partial charge in [0.15, 0.2) is 11.5 Å². The summed E-state index contributed by atoms with van der Waals surface area (Å²) in [6.07, 6.45) is 6.66. The van der Waals surface area contributed by atoms with Gasteiger partial charge in [-0.15, -0.1) is 0 Å². The number of rotatable bonds is 14. The van der Waals surface area contributed by atoms with Crippen molar-refractivity contribution < 1.29 is 28.6 Å². The van der Waals surface area contributed by atoms with Gasteiger partial charge in [-0.05, 0) is 48.2 Å². The van der Waals surface area contributed by atoms with E-state index in [-0.39, 0.29) is 18.9 Å². The minimum absolute atomic E-state index is 0.251. The zero-order chi connectivity index (χ0) is 29.5. The summed E-state index contributed by atoms with van der Waals surface area (Å²) in [5, 5.41) is 5.82. The number of methoxy groups -OCH3 is 2. The quantitative estimate of drug-likeness (QED) is 0.227.